The Balaban J connectivity index is 2.04. The van der Waals surface area contributed by atoms with E-state index in [1.165, 1.54) is 6.92 Å². The summed E-state index contributed by atoms with van der Waals surface area (Å²) < 4.78 is 24.5. The van der Waals surface area contributed by atoms with E-state index < -0.39 is 22.0 Å². The van der Waals surface area contributed by atoms with Crippen LogP contribution in [0, 0.1) is 0 Å². The van der Waals surface area contributed by atoms with E-state index in [-0.39, 0.29) is 0 Å². The Morgan fingerprint density at radius 1 is 0.957 bits per heavy atom. The molecule has 122 valence electrons. The van der Waals surface area contributed by atoms with Gasteiger partial charge in [0.2, 0.25) is 15.9 Å². The number of anilines is 3. The molecular formula is C16H19N3O3S. The summed E-state index contributed by atoms with van der Waals surface area (Å²) in [5.74, 6) is -0.424. The number of hydrogen-bond acceptors (Lipinski definition) is 4. The molecule has 0 aromatic heterocycles. The summed E-state index contributed by atoms with van der Waals surface area (Å²) in [4.78, 5) is 12.0. The molecule has 1 unspecified atom stereocenters. The zero-order chi connectivity index (χ0) is 16.9. The molecule has 2 aromatic rings. The van der Waals surface area contributed by atoms with Crippen molar-refractivity contribution in [2.45, 2.75) is 13.0 Å². The van der Waals surface area contributed by atoms with Crippen molar-refractivity contribution in [3.8, 4) is 0 Å². The SMILES string of the molecule is CC(NS(C)(=O)=O)C(=O)Nc1cccc(Nc2ccccc2)c1. The van der Waals surface area contributed by atoms with Crippen molar-refractivity contribution in [3.63, 3.8) is 0 Å². The number of benzene rings is 2. The topological polar surface area (TPSA) is 87.3 Å². The Morgan fingerprint density at radius 3 is 2.22 bits per heavy atom. The number of amides is 1. The highest BCUT2D eigenvalue weighted by molar-refractivity contribution is 7.88. The van der Waals surface area contributed by atoms with Gasteiger partial charge in [-0.25, -0.2) is 13.1 Å². The predicted molar refractivity (Wildman–Crippen MR) is 92.2 cm³/mol. The Labute approximate surface area is 136 Å². The van der Waals surface area contributed by atoms with Gasteiger partial charge in [0.1, 0.15) is 0 Å². The van der Waals surface area contributed by atoms with Crippen LogP contribution in [0.25, 0.3) is 0 Å². The molecule has 0 aliphatic heterocycles. The summed E-state index contributed by atoms with van der Waals surface area (Å²) in [7, 11) is -3.43. The maximum Gasteiger partial charge on any atom is 0.242 e. The van der Waals surface area contributed by atoms with Gasteiger partial charge in [-0.1, -0.05) is 24.3 Å². The van der Waals surface area contributed by atoms with Crippen molar-refractivity contribution in [1.29, 1.82) is 0 Å². The average Bonchev–Trinajstić information content (AvgIpc) is 2.47. The molecule has 1 atom stereocenters. The second kappa shape index (κ2) is 7.26. The minimum atomic E-state index is -3.43. The fourth-order valence-corrected chi connectivity index (χ4v) is 2.74. The van der Waals surface area contributed by atoms with Gasteiger partial charge < -0.3 is 10.6 Å². The highest BCUT2D eigenvalue weighted by Crippen LogP contribution is 2.20. The third kappa shape index (κ3) is 5.72. The lowest BCUT2D eigenvalue weighted by molar-refractivity contribution is -0.117. The number of sulfonamides is 1. The van der Waals surface area contributed by atoms with Crippen molar-refractivity contribution < 1.29 is 13.2 Å². The van der Waals surface area contributed by atoms with Crippen LogP contribution in [-0.4, -0.2) is 26.6 Å². The minimum absolute atomic E-state index is 0.424. The fourth-order valence-electron chi connectivity index (χ4n) is 1.99. The van der Waals surface area contributed by atoms with Gasteiger partial charge in [0.15, 0.2) is 0 Å². The standard InChI is InChI=1S/C16H19N3O3S/c1-12(19-23(2,21)22)16(20)18-15-10-6-9-14(11-15)17-13-7-4-3-5-8-13/h3-12,17,19H,1-2H3,(H,18,20). The van der Waals surface area contributed by atoms with Crippen molar-refractivity contribution >= 4 is 33.0 Å². The second-order valence-corrected chi connectivity index (χ2v) is 6.95. The van der Waals surface area contributed by atoms with E-state index in [1.54, 1.807) is 18.2 Å². The third-order valence-corrected chi connectivity index (χ3v) is 3.76. The molecule has 0 bridgehead atoms. The first kappa shape index (κ1) is 17.0. The second-order valence-electron chi connectivity index (χ2n) is 5.17. The summed E-state index contributed by atoms with van der Waals surface area (Å²) in [6.45, 7) is 1.49. The molecule has 2 aromatic carbocycles. The molecule has 0 saturated carbocycles. The van der Waals surface area contributed by atoms with Gasteiger partial charge in [-0.3, -0.25) is 4.79 Å². The molecule has 3 N–H and O–H groups in total. The van der Waals surface area contributed by atoms with Gasteiger partial charge in [0, 0.05) is 17.1 Å². The first-order valence-electron chi connectivity index (χ1n) is 7.04. The lowest BCUT2D eigenvalue weighted by Gasteiger charge is -2.13. The Morgan fingerprint density at radius 2 is 1.57 bits per heavy atom. The largest absolute Gasteiger partial charge is 0.355 e. The first-order chi connectivity index (χ1) is 10.8. The van der Waals surface area contributed by atoms with Crippen LogP contribution >= 0.6 is 0 Å². The number of hydrogen-bond donors (Lipinski definition) is 3. The minimum Gasteiger partial charge on any atom is -0.355 e. The van der Waals surface area contributed by atoms with Crippen LogP contribution in [0.2, 0.25) is 0 Å². The van der Waals surface area contributed by atoms with Gasteiger partial charge >= 0.3 is 0 Å². The van der Waals surface area contributed by atoms with Crippen LogP contribution in [0.4, 0.5) is 17.1 Å². The molecule has 0 spiro atoms. The smallest absolute Gasteiger partial charge is 0.242 e. The van der Waals surface area contributed by atoms with Crippen molar-refractivity contribution in [1.82, 2.24) is 4.72 Å². The molecule has 7 heteroatoms. The predicted octanol–water partition coefficient (Wildman–Crippen LogP) is 2.31. The molecule has 23 heavy (non-hydrogen) atoms. The van der Waals surface area contributed by atoms with Crippen LogP contribution in [0.3, 0.4) is 0 Å². The highest BCUT2D eigenvalue weighted by atomic mass is 32.2. The maximum absolute atomic E-state index is 12.0. The van der Waals surface area contributed by atoms with Gasteiger partial charge in [0.25, 0.3) is 0 Å². The van der Waals surface area contributed by atoms with Crippen LogP contribution in [0.5, 0.6) is 0 Å². The molecule has 0 aliphatic rings. The number of rotatable bonds is 6. The summed E-state index contributed by atoms with van der Waals surface area (Å²) >= 11 is 0. The van der Waals surface area contributed by atoms with Gasteiger partial charge in [-0.05, 0) is 37.3 Å². The molecule has 6 nitrogen and oxygen atoms in total. The van der Waals surface area contributed by atoms with Crippen molar-refractivity contribution in [2.75, 3.05) is 16.9 Å². The first-order valence-corrected chi connectivity index (χ1v) is 8.93. The monoisotopic (exact) mass is 333 g/mol. The van der Waals surface area contributed by atoms with E-state index in [1.807, 2.05) is 36.4 Å². The Kier molecular flexibility index (Phi) is 5.36. The van der Waals surface area contributed by atoms with Crippen molar-refractivity contribution in [3.05, 3.63) is 54.6 Å². The molecular weight excluding hydrogens is 314 g/mol. The summed E-state index contributed by atoms with van der Waals surface area (Å²) in [5, 5.41) is 5.91. The van der Waals surface area contributed by atoms with Crippen LogP contribution in [-0.2, 0) is 14.8 Å². The normalized spacial score (nSPS) is 12.4. The van der Waals surface area contributed by atoms with Gasteiger partial charge in [-0.15, -0.1) is 0 Å². The maximum atomic E-state index is 12.0. The molecule has 0 fully saturated rings. The van der Waals surface area contributed by atoms with E-state index in [2.05, 4.69) is 15.4 Å². The summed E-state index contributed by atoms with van der Waals surface area (Å²) in [5.41, 5.74) is 2.33. The zero-order valence-electron chi connectivity index (χ0n) is 12.9. The number of carbonyl (C=O) groups is 1. The lowest BCUT2D eigenvalue weighted by Crippen LogP contribution is -2.40. The molecule has 0 saturated heterocycles. The van der Waals surface area contributed by atoms with Crippen molar-refractivity contribution in [2.24, 2.45) is 0 Å². The third-order valence-electron chi connectivity index (χ3n) is 2.98. The number of para-hydroxylation sites is 1. The van der Waals surface area contributed by atoms with E-state index in [4.69, 9.17) is 0 Å². The highest BCUT2D eigenvalue weighted by Gasteiger charge is 2.16. The van der Waals surface area contributed by atoms with E-state index >= 15 is 0 Å². The molecule has 2 rings (SSSR count). The summed E-state index contributed by atoms with van der Waals surface area (Å²) in [6, 6.07) is 16.0. The molecule has 0 heterocycles. The fraction of sp³-hybridized carbons (Fsp3) is 0.188. The van der Waals surface area contributed by atoms with Crippen LogP contribution < -0.4 is 15.4 Å². The Hall–Kier alpha value is -2.38. The van der Waals surface area contributed by atoms with Gasteiger partial charge in [-0.2, -0.15) is 0 Å². The zero-order valence-corrected chi connectivity index (χ0v) is 13.7. The summed E-state index contributed by atoms with van der Waals surface area (Å²) in [6.07, 6.45) is 1.02. The van der Waals surface area contributed by atoms with E-state index in [0.29, 0.717) is 5.69 Å². The van der Waals surface area contributed by atoms with Crippen LogP contribution in [0.15, 0.2) is 54.6 Å². The quantitative estimate of drug-likeness (QED) is 0.757. The molecule has 1 amide bonds. The van der Waals surface area contributed by atoms with E-state index in [9.17, 15) is 13.2 Å². The number of nitrogens with one attached hydrogen (secondary N) is 3. The Bertz CT molecular complexity index is 776. The number of carbonyl (C=O) groups excluding carboxylic acids is 1. The molecule has 0 radical (unpaired) electrons. The van der Waals surface area contributed by atoms with E-state index in [0.717, 1.165) is 17.6 Å². The van der Waals surface area contributed by atoms with Gasteiger partial charge in [0.05, 0.1) is 12.3 Å². The van der Waals surface area contributed by atoms with Crippen LogP contribution in [0.1, 0.15) is 6.92 Å². The average molecular weight is 333 g/mol. The lowest BCUT2D eigenvalue weighted by atomic mass is 10.2. The molecule has 0 aliphatic carbocycles.